The number of rotatable bonds is 6. The van der Waals surface area contributed by atoms with E-state index >= 15 is 0 Å². The topological polar surface area (TPSA) is 56.5 Å². The number of methoxy groups -OCH3 is 1. The Balaban J connectivity index is 1.94. The molecule has 18 heavy (non-hydrogen) atoms. The van der Waals surface area contributed by atoms with Crippen molar-refractivity contribution in [2.45, 2.75) is 31.4 Å². The van der Waals surface area contributed by atoms with Crippen LogP contribution < -0.4 is 15.8 Å². The Kier molecular flexibility index (Phi) is 4.09. The van der Waals surface area contributed by atoms with E-state index < -0.39 is 0 Å². The van der Waals surface area contributed by atoms with E-state index in [1.54, 1.807) is 7.11 Å². The zero-order valence-corrected chi connectivity index (χ0v) is 11.1. The Labute approximate surface area is 108 Å². The second-order valence-electron chi connectivity index (χ2n) is 4.82. The molecular weight excluding hydrogens is 228 g/mol. The van der Waals surface area contributed by atoms with Crippen molar-refractivity contribution in [2.24, 2.45) is 5.73 Å². The molecule has 100 valence electrons. The summed E-state index contributed by atoms with van der Waals surface area (Å²) in [6.07, 6.45) is 2.30. The van der Waals surface area contributed by atoms with Crippen molar-refractivity contribution in [2.75, 3.05) is 25.6 Å². The summed E-state index contributed by atoms with van der Waals surface area (Å²) in [5.41, 5.74) is 6.96. The molecule has 4 heteroatoms. The Morgan fingerprint density at radius 3 is 2.50 bits per heavy atom. The van der Waals surface area contributed by atoms with Crippen LogP contribution in [0.5, 0.6) is 5.75 Å². The maximum absolute atomic E-state index is 5.89. The van der Waals surface area contributed by atoms with Crippen molar-refractivity contribution in [3.05, 3.63) is 24.3 Å². The molecule has 1 aliphatic rings. The highest BCUT2D eigenvalue weighted by atomic mass is 16.5. The summed E-state index contributed by atoms with van der Waals surface area (Å²) >= 11 is 0. The van der Waals surface area contributed by atoms with Crippen LogP contribution in [0.25, 0.3) is 0 Å². The van der Waals surface area contributed by atoms with Gasteiger partial charge in [0.2, 0.25) is 0 Å². The Hall–Kier alpha value is -1.26. The molecule has 0 aliphatic heterocycles. The van der Waals surface area contributed by atoms with Gasteiger partial charge < -0.3 is 20.5 Å². The number of nitrogens with one attached hydrogen (secondary N) is 1. The molecule has 3 N–H and O–H groups in total. The molecule has 1 saturated carbocycles. The van der Waals surface area contributed by atoms with E-state index in [1.165, 1.54) is 0 Å². The van der Waals surface area contributed by atoms with Gasteiger partial charge in [-0.2, -0.15) is 0 Å². The molecule has 0 amide bonds. The van der Waals surface area contributed by atoms with Crippen molar-refractivity contribution in [3.63, 3.8) is 0 Å². The van der Waals surface area contributed by atoms with E-state index in [1.807, 2.05) is 31.2 Å². The van der Waals surface area contributed by atoms with Crippen LogP contribution in [-0.2, 0) is 4.74 Å². The Morgan fingerprint density at radius 1 is 1.33 bits per heavy atom. The highest BCUT2D eigenvalue weighted by Gasteiger charge is 2.43. The number of hydrogen-bond acceptors (Lipinski definition) is 4. The molecule has 4 nitrogen and oxygen atoms in total. The van der Waals surface area contributed by atoms with Crippen LogP contribution in [0.3, 0.4) is 0 Å². The quantitative estimate of drug-likeness (QED) is 0.811. The first-order valence-electron chi connectivity index (χ1n) is 6.45. The van der Waals surface area contributed by atoms with Gasteiger partial charge in [0.05, 0.1) is 18.8 Å². The van der Waals surface area contributed by atoms with Crippen molar-refractivity contribution in [1.29, 1.82) is 0 Å². The van der Waals surface area contributed by atoms with Crippen LogP contribution in [0.4, 0.5) is 5.69 Å². The fraction of sp³-hybridized carbons (Fsp3) is 0.571. The molecule has 2 rings (SSSR count). The summed E-state index contributed by atoms with van der Waals surface area (Å²) in [5.74, 6) is 0.864. The van der Waals surface area contributed by atoms with Crippen molar-refractivity contribution >= 4 is 5.69 Å². The van der Waals surface area contributed by atoms with E-state index in [0.29, 0.717) is 12.6 Å². The molecule has 0 spiro atoms. The van der Waals surface area contributed by atoms with E-state index in [9.17, 15) is 0 Å². The number of ether oxygens (including phenoxy) is 2. The number of benzene rings is 1. The molecule has 0 unspecified atom stereocenters. The van der Waals surface area contributed by atoms with E-state index in [2.05, 4.69) is 5.32 Å². The monoisotopic (exact) mass is 250 g/mol. The lowest BCUT2D eigenvalue weighted by Crippen LogP contribution is -2.58. The van der Waals surface area contributed by atoms with Crippen LogP contribution in [0.1, 0.15) is 19.8 Å². The second-order valence-corrected chi connectivity index (χ2v) is 4.82. The normalized spacial score (nSPS) is 26.5. The van der Waals surface area contributed by atoms with E-state index in [4.69, 9.17) is 15.2 Å². The van der Waals surface area contributed by atoms with Gasteiger partial charge in [0, 0.05) is 18.8 Å². The molecule has 1 aromatic rings. The molecular formula is C14H22N2O2. The van der Waals surface area contributed by atoms with Gasteiger partial charge >= 0.3 is 0 Å². The van der Waals surface area contributed by atoms with Gasteiger partial charge in [-0.05, 0) is 44.0 Å². The third kappa shape index (κ3) is 2.76. The molecule has 0 atom stereocenters. The lowest BCUT2D eigenvalue weighted by atomic mass is 9.74. The average Bonchev–Trinajstić information content (AvgIpc) is 2.37. The lowest BCUT2D eigenvalue weighted by Gasteiger charge is -2.47. The third-order valence-electron chi connectivity index (χ3n) is 3.53. The predicted molar refractivity (Wildman–Crippen MR) is 73.1 cm³/mol. The molecule has 0 saturated heterocycles. The van der Waals surface area contributed by atoms with Crippen molar-refractivity contribution < 1.29 is 9.47 Å². The summed E-state index contributed by atoms with van der Waals surface area (Å²) in [6.45, 7) is 3.43. The van der Waals surface area contributed by atoms with Crippen molar-refractivity contribution in [1.82, 2.24) is 0 Å². The van der Waals surface area contributed by atoms with Gasteiger partial charge in [0.1, 0.15) is 5.75 Å². The first-order chi connectivity index (χ1) is 8.71. The minimum absolute atomic E-state index is 0.00553. The van der Waals surface area contributed by atoms with Gasteiger partial charge in [0.15, 0.2) is 0 Å². The highest BCUT2D eigenvalue weighted by molar-refractivity contribution is 5.49. The maximum atomic E-state index is 5.89. The molecule has 0 bridgehead atoms. The first kappa shape index (κ1) is 13.2. The number of anilines is 1. The Bertz CT molecular complexity index is 372. The first-order valence-corrected chi connectivity index (χ1v) is 6.45. The summed E-state index contributed by atoms with van der Waals surface area (Å²) in [4.78, 5) is 0. The number of nitrogens with two attached hydrogens (primary N) is 1. The highest BCUT2D eigenvalue weighted by Crippen LogP contribution is 2.37. The Morgan fingerprint density at radius 2 is 2.00 bits per heavy atom. The minimum atomic E-state index is -0.00553. The van der Waals surface area contributed by atoms with Gasteiger partial charge in [-0.1, -0.05) is 0 Å². The van der Waals surface area contributed by atoms with E-state index in [-0.39, 0.29) is 5.54 Å². The zero-order valence-electron chi connectivity index (χ0n) is 11.1. The van der Waals surface area contributed by atoms with Crippen LogP contribution in [-0.4, -0.2) is 31.9 Å². The van der Waals surface area contributed by atoms with E-state index in [0.717, 1.165) is 30.9 Å². The maximum Gasteiger partial charge on any atom is 0.119 e. The molecule has 0 aromatic heterocycles. The molecule has 1 aromatic carbocycles. The predicted octanol–water partition coefficient (Wildman–Crippen LogP) is 2.00. The third-order valence-corrected chi connectivity index (χ3v) is 3.53. The summed E-state index contributed by atoms with van der Waals surface area (Å²) < 4.78 is 10.7. The minimum Gasteiger partial charge on any atom is -0.497 e. The molecule has 1 fully saturated rings. The average molecular weight is 250 g/mol. The van der Waals surface area contributed by atoms with Gasteiger partial charge in [-0.15, -0.1) is 0 Å². The summed E-state index contributed by atoms with van der Waals surface area (Å²) in [7, 11) is 1.67. The van der Waals surface area contributed by atoms with Gasteiger partial charge in [-0.25, -0.2) is 0 Å². The number of hydrogen-bond donors (Lipinski definition) is 2. The summed E-state index contributed by atoms with van der Waals surface area (Å²) in [6, 6.07) is 7.94. The van der Waals surface area contributed by atoms with Crippen molar-refractivity contribution in [3.8, 4) is 5.75 Å². The summed E-state index contributed by atoms with van der Waals surface area (Å²) in [5, 5.41) is 3.52. The smallest absolute Gasteiger partial charge is 0.119 e. The second kappa shape index (κ2) is 5.59. The van der Waals surface area contributed by atoms with Gasteiger partial charge in [0.25, 0.3) is 0 Å². The zero-order chi connectivity index (χ0) is 13.0. The van der Waals surface area contributed by atoms with Crippen LogP contribution >= 0.6 is 0 Å². The molecule has 0 heterocycles. The van der Waals surface area contributed by atoms with Crippen LogP contribution in [0, 0.1) is 0 Å². The molecule has 0 radical (unpaired) electrons. The van der Waals surface area contributed by atoms with Crippen LogP contribution in [0.15, 0.2) is 24.3 Å². The fourth-order valence-corrected chi connectivity index (χ4v) is 2.47. The standard InChI is InChI=1S/C14H22N2O2/c1-3-18-13-8-14(9-13,10-15)16-11-4-6-12(17-2)7-5-11/h4-7,13,16H,3,8-10,15H2,1-2H3. The van der Waals surface area contributed by atoms with Crippen LogP contribution in [0.2, 0.25) is 0 Å². The van der Waals surface area contributed by atoms with Gasteiger partial charge in [-0.3, -0.25) is 0 Å². The lowest BCUT2D eigenvalue weighted by molar-refractivity contribution is -0.0271. The largest absolute Gasteiger partial charge is 0.497 e. The SMILES string of the molecule is CCOC1CC(CN)(Nc2ccc(OC)cc2)C1. The molecule has 1 aliphatic carbocycles. The fourth-order valence-electron chi connectivity index (χ4n) is 2.47.